The fourth-order valence-electron chi connectivity index (χ4n) is 3.60. The number of hydrogen-bond acceptors (Lipinski definition) is 9. The molecular formula is C25H25F3N6O4S3. The van der Waals surface area contributed by atoms with Crippen molar-refractivity contribution in [1.29, 1.82) is 0 Å². The molecule has 2 aromatic carbocycles. The number of thiazole rings is 1. The van der Waals surface area contributed by atoms with Crippen molar-refractivity contribution < 1.29 is 30.0 Å². The summed E-state index contributed by atoms with van der Waals surface area (Å²) in [7, 11) is -8.04. The van der Waals surface area contributed by atoms with Gasteiger partial charge in [-0.05, 0) is 36.4 Å². The van der Waals surface area contributed by atoms with Crippen molar-refractivity contribution in [1.82, 2.24) is 19.7 Å². The maximum Gasteiger partial charge on any atom is 0.265 e. The molecule has 41 heavy (non-hydrogen) atoms. The van der Waals surface area contributed by atoms with Crippen LogP contribution in [0.4, 0.5) is 24.8 Å². The molecule has 0 saturated carbocycles. The van der Waals surface area contributed by atoms with E-state index < -0.39 is 48.1 Å². The molecule has 0 atom stereocenters. The summed E-state index contributed by atoms with van der Waals surface area (Å²) in [5.74, 6) is -2.98. The zero-order valence-corrected chi connectivity index (χ0v) is 24.4. The first-order valence-corrected chi connectivity index (χ1v) is 16.2. The minimum Gasteiger partial charge on any atom is -0.353 e. The van der Waals surface area contributed by atoms with E-state index in [9.17, 15) is 25.6 Å². The van der Waals surface area contributed by atoms with Gasteiger partial charge in [0.05, 0.1) is 33.2 Å². The summed E-state index contributed by atoms with van der Waals surface area (Å²) in [4.78, 5) is 12.7. The summed E-state index contributed by atoms with van der Waals surface area (Å²) in [5, 5.41) is 3.57. The van der Waals surface area contributed by atoms with Crippen molar-refractivity contribution >= 4 is 43.0 Å². The molecule has 0 aliphatic carbocycles. The third kappa shape index (κ3) is 7.38. The molecule has 0 spiro atoms. The highest BCUT2D eigenvalue weighted by molar-refractivity contribution is 7.92. The first kappa shape index (κ1) is 30.4. The van der Waals surface area contributed by atoms with Crippen LogP contribution in [0.25, 0.3) is 21.8 Å². The van der Waals surface area contributed by atoms with Crippen LogP contribution in [0.5, 0.6) is 0 Å². The largest absolute Gasteiger partial charge is 0.353 e. The maximum absolute atomic E-state index is 15.8. The van der Waals surface area contributed by atoms with Crippen molar-refractivity contribution in [3.8, 4) is 21.8 Å². The Kier molecular flexibility index (Phi) is 8.96. The summed E-state index contributed by atoms with van der Waals surface area (Å²) in [6.07, 6.45) is 2.52. The summed E-state index contributed by atoms with van der Waals surface area (Å²) in [6.45, 7) is 4.11. The smallest absolute Gasteiger partial charge is 0.265 e. The summed E-state index contributed by atoms with van der Waals surface area (Å²) < 4.78 is 96.1. The molecule has 4 aromatic rings. The van der Waals surface area contributed by atoms with E-state index >= 15 is 4.39 Å². The molecule has 218 valence electrons. The molecule has 0 aliphatic rings. The van der Waals surface area contributed by atoms with Crippen LogP contribution in [0.2, 0.25) is 0 Å². The van der Waals surface area contributed by atoms with Crippen LogP contribution in [0.1, 0.15) is 24.8 Å². The van der Waals surface area contributed by atoms with Gasteiger partial charge in [-0.1, -0.05) is 19.9 Å². The van der Waals surface area contributed by atoms with E-state index in [1.165, 1.54) is 29.7 Å². The molecule has 16 heteroatoms. The Balaban J connectivity index is 1.70. The number of halogens is 3. The van der Waals surface area contributed by atoms with E-state index in [0.717, 1.165) is 18.4 Å². The van der Waals surface area contributed by atoms with Gasteiger partial charge in [-0.15, -0.1) is 11.3 Å². The Bertz CT molecular complexity index is 1800. The van der Waals surface area contributed by atoms with Crippen LogP contribution in [0, 0.1) is 17.5 Å². The molecule has 0 radical (unpaired) electrons. The molecule has 0 unspecified atom stereocenters. The van der Waals surface area contributed by atoms with E-state index in [1.807, 2.05) is 18.6 Å². The predicted octanol–water partition coefficient (Wildman–Crippen LogP) is 4.57. The standard InChI is InChI=1S/C25H25F3N6O4S3/c1-14(2)24-33-22(23(39-24)19-9-10-29-25(32-19)30-11-12-31-40(3,35)36)16-5-4-6-18(21(16)28)34-41(37,38)20-13-15(26)7-8-17(20)27/h4-10,13-14,31,34H,11-12H2,1-3H3,(H,29,30,32). The van der Waals surface area contributed by atoms with Crippen molar-refractivity contribution in [2.24, 2.45) is 0 Å². The average molecular weight is 627 g/mol. The molecule has 3 N–H and O–H groups in total. The Morgan fingerprint density at radius 1 is 0.976 bits per heavy atom. The molecule has 10 nitrogen and oxygen atoms in total. The molecule has 0 saturated heterocycles. The van der Waals surface area contributed by atoms with Crippen LogP contribution in [-0.4, -0.2) is 51.1 Å². The number of nitrogens with zero attached hydrogens (tertiary/aromatic N) is 3. The highest BCUT2D eigenvalue weighted by Crippen LogP contribution is 2.40. The number of hydrogen-bond donors (Lipinski definition) is 3. The van der Waals surface area contributed by atoms with Crippen LogP contribution in [0.15, 0.2) is 53.6 Å². The number of aromatic nitrogens is 3. The first-order chi connectivity index (χ1) is 19.2. The lowest BCUT2D eigenvalue weighted by Gasteiger charge is -2.12. The van der Waals surface area contributed by atoms with Crippen molar-refractivity contribution in [3.05, 3.63) is 71.1 Å². The molecule has 2 aromatic heterocycles. The third-order valence-corrected chi connectivity index (χ3v) is 8.97. The number of anilines is 2. The first-order valence-electron chi connectivity index (χ1n) is 12.0. The molecule has 0 amide bonds. The topological polar surface area (TPSA) is 143 Å². The number of sulfonamides is 2. The second kappa shape index (κ2) is 12.1. The third-order valence-electron chi connectivity index (χ3n) is 5.48. The molecular weight excluding hydrogens is 602 g/mol. The number of benzene rings is 2. The normalized spacial score (nSPS) is 12.1. The van der Waals surface area contributed by atoms with E-state index in [-0.39, 0.29) is 36.2 Å². The molecule has 0 fully saturated rings. The lowest BCUT2D eigenvalue weighted by Crippen LogP contribution is -2.28. The Hall–Kier alpha value is -3.60. The van der Waals surface area contributed by atoms with Gasteiger partial charge in [-0.2, -0.15) is 0 Å². The minimum absolute atomic E-state index is 0.0327. The number of nitrogens with one attached hydrogen (secondary N) is 3. The van der Waals surface area contributed by atoms with Gasteiger partial charge in [0, 0.05) is 30.8 Å². The monoisotopic (exact) mass is 626 g/mol. The highest BCUT2D eigenvalue weighted by Gasteiger charge is 2.25. The summed E-state index contributed by atoms with van der Waals surface area (Å²) in [6, 6.07) is 7.50. The molecule has 0 bridgehead atoms. The number of rotatable bonds is 11. The Morgan fingerprint density at radius 2 is 1.73 bits per heavy atom. The van der Waals surface area contributed by atoms with Gasteiger partial charge >= 0.3 is 0 Å². The zero-order valence-electron chi connectivity index (χ0n) is 21.9. The molecule has 4 rings (SSSR count). The van der Waals surface area contributed by atoms with Crippen molar-refractivity contribution in [2.45, 2.75) is 24.7 Å². The fourth-order valence-corrected chi connectivity index (χ4v) is 6.27. The van der Waals surface area contributed by atoms with Gasteiger partial charge in [0.25, 0.3) is 10.0 Å². The minimum atomic E-state index is -4.68. The molecule has 0 aliphatic heterocycles. The van der Waals surface area contributed by atoms with Gasteiger partial charge in [0.2, 0.25) is 16.0 Å². The van der Waals surface area contributed by atoms with E-state index in [2.05, 4.69) is 25.0 Å². The van der Waals surface area contributed by atoms with Crippen LogP contribution < -0.4 is 14.8 Å². The SMILES string of the molecule is CC(C)c1nc(-c2cccc(NS(=O)(=O)c3cc(F)ccc3F)c2F)c(-c2ccnc(NCCNS(C)(=O)=O)n2)s1. The Labute approximate surface area is 239 Å². The van der Waals surface area contributed by atoms with Crippen LogP contribution >= 0.6 is 11.3 Å². The van der Waals surface area contributed by atoms with Crippen LogP contribution in [0.3, 0.4) is 0 Å². The summed E-state index contributed by atoms with van der Waals surface area (Å²) in [5.41, 5.74) is 0.0518. The van der Waals surface area contributed by atoms with E-state index in [4.69, 9.17) is 0 Å². The second-order valence-corrected chi connectivity index (χ2v) is 13.6. The maximum atomic E-state index is 15.8. The quantitative estimate of drug-likeness (QED) is 0.206. The fraction of sp³-hybridized carbons (Fsp3) is 0.240. The van der Waals surface area contributed by atoms with Gasteiger partial charge in [-0.3, -0.25) is 4.72 Å². The van der Waals surface area contributed by atoms with Gasteiger partial charge in [0.15, 0.2) is 5.82 Å². The van der Waals surface area contributed by atoms with Gasteiger partial charge in [-0.25, -0.2) is 49.7 Å². The van der Waals surface area contributed by atoms with Crippen molar-refractivity contribution in [3.63, 3.8) is 0 Å². The predicted molar refractivity (Wildman–Crippen MR) is 151 cm³/mol. The molecule has 2 heterocycles. The van der Waals surface area contributed by atoms with Crippen molar-refractivity contribution in [2.75, 3.05) is 29.4 Å². The average Bonchev–Trinajstić information content (AvgIpc) is 3.34. The van der Waals surface area contributed by atoms with E-state index in [1.54, 1.807) is 6.07 Å². The summed E-state index contributed by atoms with van der Waals surface area (Å²) >= 11 is 1.27. The lowest BCUT2D eigenvalue weighted by molar-refractivity contribution is 0.555. The van der Waals surface area contributed by atoms with E-state index in [0.29, 0.717) is 27.7 Å². The second-order valence-electron chi connectivity index (χ2n) is 9.09. The van der Waals surface area contributed by atoms with Crippen LogP contribution in [-0.2, 0) is 20.0 Å². The Morgan fingerprint density at radius 3 is 2.44 bits per heavy atom. The zero-order chi connectivity index (χ0) is 29.9. The van der Waals surface area contributed by atoms with Gasteiger partial charge < -0.3 is 5.32 Å². The highest BCUT2D eigenvalue weighted by atomic mass is 32.2. The van der Waals surface area contributed by atoms with Gasteiger partial charge in [0.1, 0.15) is 16.5 Å². The lowest BCUT2D eigenvalue weighted by atomic mass is 10.1.